The van der Waals surface area contributed by atoms with Gasteiger partial charge in [0.2, 0.25) is 0 Å². The summed E-state index contributed by atoms with van der Waals surface area (Å²) in [4.78, 5) is 0. The predicted octanol–water partition coefficient (Wildman–Crippen LogP) is 5.86. The molecule has 0 heterocycles. The lowest BCUT2D eigenvalue weighted by molar-refractivity contribution is 1.49. The van der Waals surface area contributed by atoms with E-state index < -0.39 is 0 Å². The second kappa shape index (κ2) is 7.15. The van der Waals surface area contributed by atoms with Gasteiger partial charge in [0.15, 0.2) is 0 Å². The van der Waals surface area contributed by atoms with Crippen LogP contribution < -0.4 is 22.1 Å². The van der Waals surface area contributed by atoms with Crippen LogP contribution in [0.2, 0.25) is 0 Å². The Morgan fingerprint density at radius 2 is 1.04 bits per heavy atom. The molecule has 0 spiro atoms. The van der Waals surface area contributed by atoms with Crippen molar-refractivity contribution in [3.63, 3.8) is 0 Å². The van der Waals surface area contributed by atoms with Crippen molar-refractivity contribution in [2.75, 3.05) is 22.1 Å². The van der Waals surface area contributed by atoms with Gasteiger partial charge in [-0.2, -0.15) is 0 Å². The SMILES string of the molecule is Nc1cccc(Br)c1Nc1cccc(Nc2c(N)cccc2Br)c1. The molecule has 3 aromatic carbocycles. The summed E-state index contributed by atoms with van der Waals surface area (Å²) in [5, 5.41) is 6.68. The average molecular weight is 448 g/mol. The Labute approximate surface area is 157 Å². The quantitative estimate of drug-likeness (QED) is 0.377. The number of hydrogen-bond acceptors (Lipinski definition) is 4. The predicted molar refractivity (Wildman–Crippen MR) is 110 cm³/mol. The number of nitrogens with one attached hydrogen (secondary N) is 2. The van der Waals surface area contributed by atoms with Gasteiger partial charge in [-0.05, 0) is 74.3 Å². The van der Waals surface area contributed by atoms with Gasteiger partial charge < -0.3 is 22.1 Å². The van der Waals surface area contributed by atoms with Crippen molar-refractivity contribution in [3.8, 4) is 0 Å². The van der Waals surface area contributed by atoms with Crippen LogP contribution in [0.15, 0.2) is 69.6 Å². The number of para-hydroxylation sites is 2. The van der Waals surface area contributed by atoms with E-state index in [4.69, 9.17) is 11.5 Å². The Morgan fingerprint density at radius 3 is 1.46 bits per heavy atom. The van der Waals surface area contributed by atoms with E-state index in [1.54, 1.807) is 0 Å². The molecule has 0 radical (unpaired) electrons. The lowest BCUT2D eigenvalue weighted by atomic mass is 10.2. The molecule has 0 fully saturated rings. The molecule has 0 aliphatic carbocycles. The minimum atomic E-state index is 0.679. The highest BCUT2D eigenvalue weighted by molar-refractivity contribution is 9.11. The molecule has 0 bridgehead atoms. The van der Waals surface area contributed by atoms with E-state index in [2.05, 4.69) is 42.5 Å². The summed E-state index contributed by atoms with van der Waals surface area (Å²) >= 11 is 7.03. The first-order valence-electron chi connectivity index (χ1n) is 7.26. The van der Waals surface area contributed by atoms with Gasteiger partial charge in [-0.1, -0.05) is 18.2 Å². The Kier molecular flexibility index (Phi) is 4.97. The molecule has 4 nitrogen and oxygen atoms in total. The largest absolute Gasteiger partial charge is 0.397 e. The van der Waals surface area contributed by atoms with Crippen LogP contribution in [0.4, 0.5) is 34.1 Å². The minimum absolute atomic E-state index is 0.679. The van der Waals surface area contributed by atoms with Crippen LogP contribution in [0.25, 0.3) is 0 Å². The molecule has 0 unspecified atom stereocenters. The first-order chi connectivity index (χ1) is 11.5. The zero-order chi connectivity index (χ0) is 17.1. The summed E-state index contributed by atoms with van der Waals surface area (Å²) in [7, 11) is 0. The van der Waals surface area contributed by atoms with Gasteiger partial charge in [0.05, 0.1) is 22.7 Å². The highest BCUT2D eigenvalue weighted by Crippen LogP contribution is 2.34. The first-order valence-corrected chi connectivity index (χ1v) is 8.85. The van der Waals surface area contributed by atoms with Crippen molar-refractivity contribution in [1.82, 2.24) is 0 Å². The van der Waals surface area contributed by atoms with Crippen LogP contribution in [0, 0.1) is 0 Å². The Balaban J connectivity index is 1.87. The van der Waals surface area contributed by atoms with Crippen molar-refractivity contribution in [1.29, 1.82) is 0 Å². The zero-order valence-corrected chi connectivity index (χ0v) is 15.9. The van der Waals surface area contributed by atoms with Gasteiger partial charge in [-0.15, -0.1) is 0 Å². The minimum Gasteiger partial charge on any atom is -0.397 e. The number of benzene rings is 3. The van der Waals surface area contributed by atoms with Crippen molar-refractivity contribution >= 4 is 66.0 Å². The summed E-state index contributed by atoms with van der Waals surface area (Å²) < 4.78 is 1.83. The maximum atomic E-state index is 6.04. The van der Waals surface area contributed by atoms with E-state index in [1.165, 1.54) is 0 Å². The molecule has 6 heteroatoms. The van der Waals surface area contributed by atoms with Crippen LogP contribution >= 0.6 is 31.9 Å². The molecular weight excluding hydrogens is 432 g/mol. The van der Waals surface area contributed by atoms with E-state index >= 15 is 0 Å². The Hall–Kier alpha value is -2.18. The molecule has 0 aromatic heterocycles. The zero-order valence-electron chi connectivity index (χ0n) is 12.7. The van der Waals surface area contributed by atoms with Gasteiger partial charge in [0, 0.05) is 20.3 Å². The van der Waals surface area contributed by atoms with Gasteiger partial charge in [-0.25, -0.2) is 0 Å². The molecular formula is C18H16Br2N4. The topological polar surface area (TPSA) is 76.1 Å². The van der Waals surface area contributed by atoms with Gasteiger partial charge in [0.25, 0.3) is 0 Å². The second-order valence-electron chi connectivity index (χ2n) is 5.24. The lowest BCUT2D eigenvalue weighted by Gasteiger charge is -2.14. The van der Waals surface area contributed by atoms with Crippen molar-refractivity contribution < 1.29 is 0 Å². The molecule has 0 aliphatic rings. The molecule has 0 atom stereocenters. The second-order valence-corrected chi connectivity index (χ2v) is 6.95. The molecule has 0 amide bonds. The van der Waals surface area contributed by atoms with Crippen LogP contribution in [0.5, 0.6) is 0 Å². The van der Waals surface area contributed by atoms with E-state index in [-0.39, 0.29) is 0 Å². The van der Waals surface area contributed by atoms with Crippen LogP contribution in [-0.4, -0.2) is 0 Å². The summed E-state index contributed by atoms with van der Waals surface area (Å²) in [6.45, 7) is 0. The highest BCUT2D eigenvalue weighted by Gasteiger charge is 2.07. The average Bonchev–Trinajstić information content (AvgIpc) is 2.55. The van der Waals surface area contributed by atoms with Crippen molar-refractivity contribution in [2.45, 2.75) is 0 Å². The smallest absolute Gasteiger partial charge is 0.0762 e. The van der Waals surface area contributed by atoms with E-state index in [0.29, 0.717) is 11.4 Å². The summed E-state index contributed by atoms with van der Waals surface area (Å²) in [5.74, 6) is 0. The normalized spacial score (nSPS) is 10.4. The fraction of sp³-hybridized carbons (Fsp3) is 0. The summed E-state index contributed by atoms with van der Waals surface area (Å²) in [6.07, 6.45) is 0. The molecule has 0 saturated heterocycles. The molecule has 122 valence electrons. The Bertz CT molecular complexity index is 771. The molecule has 6 N–H and O–H groups in total. The first kappa shape index (κ1) is 16.7. The number of nitrogens with two attached hydrogens (primary N) is 2. The van der Waals surface area contributed by atoms with Crippen molar-refractivity contribution in [3.05, 3.63) is 69.6 Å². The lowest BCUT2D eigenvalue weighted by Crippen LogP contribution is -1.99. The molecule has 0 aliphatic heterocycles. The number of hydrogen-bond donors (Lipinski definition) is 4. The van der Waals surface area contributed by atoms with Gasteiger partial charge in [0.1, 0.15) is 0 Å². The molecule has 0 saturated carbocycles. The number of rotatable bonds is 4. The monoisotopic (exact) mass is 446 g/mol. The third-order valence-electron chi connectivity index (χ3n) is 3.49. The van der Waals surface area contributed by atoms with E-state index in [9.17, 15) is 0 Å². The third kappa shape index (κ3) is 3.66. The Morgan fingerprint density at radius 1 is 0.625 bits per heavy atom. The van der Waals surface area contributed by atoms with Crippen LogP contribution in [0.1, 0.15) is 0 Å². The number of anilines is 6. The third-order valence-corrected chi connectivity index (χ3v) is 4.81. The van der Waals surface area contributed by atoms with Crippen LogP contribution in [0.3, 0.4) is 0 Å². The molecule has 3 rings (SSSR count). The van der Waals surface area contributed by atoms with Gasteiger partial charge >= 0.3 is 0 Å². The maximum Gasteiger partial charge on any atom is 0.0762 e. The fourth-order valence-corrected chi connectivity index (χ4v) is 3.27. The van der Waals surface area contributed by atoms with Crippen molar-refractivity contribution in [2.24, 2.45) is 0 Å². The van der Waals surface area contributed by atoms with E-state index in [1.807, 2.05) is 60.7 Å². The van der Waals surface area contributed by atoms with Gasteiger partial charge in [-0.3, -0.25) is 0 Å². The number of halogens is 2. The summed E-state index contributed by atoms with van der Waals surface area (Å²) in [6, 6.07) is 19.3. The molecule has 3 aromatic rings. The maximum absolute atomic E-state index is 6.04. The fourth-order valence-electron chi connectivity index (χ4n) is 2.31. The van der Waals surface area contributed by atoms with E-state index in [0.717, 1.165) is 31.7 Å². The highest BCUT2D eigenvalue weighted by atomic mass is 79.9. The standard InChI is InChI=1S/C18H16Br2N4/c19-13-6-2-8-15(21)17(13)23-11-4-1-5-12(10-11)24-18-14(20)7-3-9-16(18)22/h1-10,23-24H,21-22H2. The molecule has 24 heavy (non-hydrogen) atoms. The number of nitrogen functional groups attached to an aromatic ring is 2. The summed E-state index contributed by atoms with van der Waals surface area (Å²) in [5.41, 5.74) is 17.0. The van der Waals surface area contributed by atoms with Crippen LogP contribution in [-0.2, 0) is 0 Å².